The first-order valence-electron chi connectivity index (χ1n) is 5.89. The average Bonchev–Trinajstić information content (AvgIpc) is 2.55. The lowest BCUT2D eigenvalue weighted by atomic mass is 9.53. The van der Waals surface area contributed by atoms with Crippen LogP contribution in [0.4, 0.5) is 0 Å². The Morgan fingerprint density at radius 1 is 1.65 bits per heavy atom. The number of allylic oxidation sites excluding steroid dienone is 2. The van der Waals surface area contributed by atoms with Crippen LogP contribution in [0.1, 0.15) is 32.6 Å². The molecule has 0 heterocycles. The molecule has 3 atom stereocenters. The van der Waals surface area contributed by atoms with Crippen LogP contribution in [-0.2, 0) is 4.79 Å². The van der Waals surface area contributed by atoms with Crippen LogP contribution in [0, 0.1) is 17.3 Å². The summed E-state index contributed by atoms with van der Waals surface area (Å²) in [5, 5.41) is 17.8. The van der Waals surface area contributed by atoms with E-state index in [-0.39, 0.29) is 24.2 Å². The van der Waals surface area contributed by atoms with E-state index >= 15 is 0 Å². The smallest absolute Gasteiger partial charge is 0.303 e. The number of carboxylic acids is 1. The van der Waals surface area contributed by atoms with E-state index in [0.717, 1.165) is 19.3 Å². The maximum absolute atomic E-state index is 10.9. The second-order valence-electron chi connectivity index (χ2n) is 5.14. The van der Waals surface area contributed by atoms with Crippen LogP contribution in [0.2, 0.25) is 0 Å². The third-order valence-corrected chi connectivity index (χ3v) is 4.21. The van der Waals surface area contributed by atoms with Crippen molar-refractivity contribution in [1.29, 1.82) is 0 Å². The lowest BCUT2D eigenvalue weighted by Crippen LogP contribution is -2.52. The van der Waals surface area contributed by atoms with Gasteiger partial charge in [0.05, 0.1) is 6.42 Å². The number of hydroxylamine groups is 1. The van der Waals surface area contributed by atoms with Crippen LogP contribution in [0.3, 0.4) is 0 Å². The molecule has 5 heteroatoms. The number of hydrogen-bond acceptors (Lipinski definition) is 3. The summed E-state index contributed by atoms with van der Waals surface area (Å²) in [6.07, 6.45) is 5.48. The van der Waals surface area contributed by atoms with Crippen LogP contribution >= 0.6 is 12.4 Å². The van der Waals surface area contributed by atoms with Gasteiger partial charge in [0.25, 0.3) is 0 Å². The van der Waals surface area contributed by atoms with Crippen molar-refractivity contribution in [2.24, 2.45) is 17.3 Å². The molecule has 98 valence electrons. The molecule has 0 amide bonds. The molecule has 0 saturated heterocycles. The van der Waals surface area contributed by atoms with Crippen molar-refractivity contribution in [1.82, 2.24) is 5.48 Å². The highest BCUT2D eigenvalue weighted by atomic mass is 35.5. The number of carboxylic acid groups (broad SMARTS) is 1. The molecule has 4 nitrogen and oxygen atoms in total. The summed E-state index contributed by atoms with van der Waals surface area (Å²) in [6.45, 7) is 2.52. The number of carbonyl (C=O) groups is 1. The van der Waals surface area contributed by atoms with Crippen molar-refractivity contribution in [2.75, 3.05) is 6.54 Å². The van der Waals surface area contributed by atoms with Crippen LogP contribution < -0.4 is 5.48 Å². The molecule has 2 aliphatic carbocycles. The number of halogens is 1. The zero-order chi connectivity index (χ0) is 11.8. The number of hydrogen-bond donors (Lipinski definition) is 3. The highest BCUT2D eigenvalue weighted by Crippen LogP contribution is 2.59. The van der Waals surface area contributed by atoms with Gasteiger partial charge in [-0.05, 0) is 31.1 Å². The van der Waals surface area contributed by atoms with Crippen LogP contribution in [0.25, 0.3) is 0 Å². The molecule has 1 fully saturated rings. The third kappa shape index (κ3) is 2.49. The van der Waals surface area contributed by atoms with E-state index in [1.54, 1.807) is 0 Å². The van der Waals surface area contributed by atoms with E-state index < -0.39 is 5.97 Å². The van der Waals surface area contributed by atoms with Crippen molar-refractivity contribution in [2.45, 2.75) is 32.6 Å². The first kappa shape index (κ1) is 14.5. The van der Waals surface area contributed by atoms with Crippen LogP contribution in [0.15, 0.2) is 11.6 Å². The second kappa shape index (κ2) is 5.38. The normalized spacial score (nSPS) is 34.4. The van der Waals surface area contributed by atoms with E-state index in [0.29, 0.717) is 18.4 Å². The SMILES string of the molecule is CCC1=C[C@H]2[C@H](C1)C[C@@]2(CNO)CC(=O)O.Cl. The van der Waals surface area contributed by atoms with Gasteiger partial charge >= 0.3 is 5.97 Å². The highest BCUT2D eigenvalue weighted by Gasteiger charge is 2.55. The third-order valence-electron chi connectivity index (χ3n) is 4.21. The van der Waals surface area contributed by atoms with Gasteiger partial charge in [-0.2, -0.15) is 0 Å². The summed E-state index contributed by atoms with van der Waals surface area (Å²) < 4.78 is 0. The predicted molar refractivity (Wildman–Crippen MR) is 66.3 cm³/mol. The fourth-order valence-electron chi connectivity index (χ4n) is 3.46. The Bertz CT molecular complexity index is 332. The lowest BCUT2D eigenvalue weighted by Gasteiger charge is -2.51. The highest BCUT2D eigenvalue weighted by molar-refractivity contribution is 5.85. The van der Waals surface area contributed by atoms with E-state index in [9.17, 15) is 4.79 Å². The van der Waals surface area contributed by atoms with Gasteiger partial charge in [-0.3, -0.25) is 4.79 Å². The maximum atomic E-state index is 10.9. The second-order valence-corrected chi connectivity index (χ2v) is 5.14. The largest absolute Gasteiger partial charge is 0.481 e. The summed E-state index contributed by atoms with van der Waals surface area (Å²) in [5.41, 5.74) is 3.35. The van der Waals surface area contributed by atoms with E-state index in [4.69, 9.17) is 10.3 Å². The van der Waals surface area contributed by atoms with Gasteiger partial charge < -0.3 is 10.3 Å². The monoisotopic (exact) mass is 261 g/mol. The average molecular weight is 262 g/mol. The summed E-state index contributed by atoms with van der Waals surface area (Å²) in [4.78, 5) is 10.9. The first-order valence-corrected chi connectivity index (χ1v) is 5.89. The number of aliphatic carboxylic acids is 1. The van der Waals surface area contributed by atoms with Gasteiger partial charge in [-0.1, -0.05) is 18.6 Å². The minimum Gasteiger partial charge on any atom is -0.481 e. The molecule has 0 aromatic heterocycles. The Morgan fingerprint density at radius 2 is 2.35 bits per heavy atom. The molecule has 0 unspecified atom stereocenters. The molecule has 0 bridgehead atoms. The van der Waals surface area contributed by atoms with Gasteiger partial charge in [-0.15, -0.1) is 12.4 Å². The van der Waals surface area contributed by atoms with Gasteiger partial charge in [0.15, 0.2) is 0 Å². The topological polar surface area (TPSA) is 69.6 Å². The van der Waals surface area contributed by atoms with Crippen molar-refractivity contribution < 1.29 is 15.1 Å². The Balaban J connectivity index is 0.00000144. The summed E-state index contributed by atoms with van der Waals surface area (Å²) in [5.74, 6) is 0.188. The zero-order valence-electron chi connectivity index (χ0n) is 9.98. The Morgan fingerprint density at radius 3 is 2.88 bits per heavy atom. The van der Waals surface area contributed by atoms with Crippen molar-refractivity contribution >= 4 is 18.4 Å². The van der Waals surface area contributed by atoms with E-state index in [2.05, 4.69) is 18.5 Å². The van der Waals surface area contributed by atoms with Gasteiger partial charge in [0.2, 0.25) is 0 Å². The molecule has 3 N–H and O–H groups in total. The molecule has 1 saturated carbocycles. The lowest BCUT2D eigenvalue weighted by molar-refractivity contribution is -0.145. The van der Waals surface area contributed by atoms with Crippen molar-refractivity contribution in [3.63, 3.8) is 0 Å². The molecule has 0 aliphatic heterocycles. The minimum absolute atomic E-state index is 0. The van der Waals surface area contributed by atoms with Gasteiger partial charge in [0, 0.05) is 12.0 Å². The fourth-order valence-corrected chi connectivity index (χ4v) is 3.46. The molecular weight excluding hydrogens is 242 g/mol. The van der Waals surface area contributed by atoms with Gasteiger partial charge in [0.1, 0.15) is 0 Å². The van der Waals surface area contributed by atoms with Crippen molar-refractivity contribution in [3.8, 4) is 0 Å². The predicted octanol–water partition coefficient (Wildman–Crippen LogP) is 2.22. The number of nitrogens with one attached hydrogen (secondary N) is 1. The molecule has 0 aromatic carbocycles. The molecule has 0 radical (unpaired) electrons. The summed E-state index contributed by atoms with van der Waals surface area (Å²) in [6, 6.07) is 0. The number of rotatable bonds is 5. The minimum atomic E-state index is -0.771. The molecule has 0 spiro atoms. The molecular formula is C12H20ClNO3. The molecule has 2 aliphatic rings. The summed E-state index contributed by atoms with van der Waals surface area (Å²) >= 11 is 0. The maximum Gasteiger partial charge on any atom is 0.303 e. The van der Waals surface area contributed by atoms with E-state index in [1.807, 2.05) is 0 Å². The Hall–Kier alpha value is -0.580. The summed E-state index contributed by atoms with van der Waals surface area (Å²) in [7, 11) is 0. The molecule has 0 aromatic rings. The van der Waals surface area contributed by atoms with Gasteiger partial charge in [-0.25, -0.2) is 5.48 Å². The Labute approximate surface area is 107 Å². The van der Waals surface area contributed by atoms with E-state index in [1.165, 1.54) is 5.57 Å². The fraction of sp³-hybridized carbons (Fsp3) is 0.750. The quantitative estimate of drug-likeness (QED) is 0.524. The first-order chi connectivity index (χ1) is 7.61. The molecule has 17 heavy (non-hydrogen) atoms. The standard InChI is InChI=1S/C12H19NO3.ClH/c1-2-8-3-9-5-12(7-13-16,6-11(14)15)10(9)4-8;/h4,9-10,13,16H,2-3,5-7H2,1H3,(H,14,15);1H/t9-,10+,12+;/m1./s1. The zero-order valence-corrected chi connectivity index (χ0v) is 10.8. The van der Waals surface area contributed by atoms with Crippen LogP contribution in [0.5, 0.6) is 0 Å². The Kier molecular flexibility index (Phi) is 4.58. The van der Waals surface area contributed by atoms with Crippen molar-refractivity contribution in [3.05, 3.63) is 11.6 Å². The van der Waals surface area contributed by atoms with Crippen LogP contribution in [-0.4, -0.2) is 22.8 Å². The number of fused-ring (bicyclic) bond motifs is 1. The molecule has 2 rings (SSSR count).